The fraction of sp³-hybridized carbons (Fsp3) is 0.222. The maximum Gasteiger partial charge on any atom is 0.257 e. The highest BCUT2D eigenvalue weighted by Crippen LogP contribution is 2.30. The average molecular weight is 375 g/mol. The number of imidazole rings is 1. The number of fused-ring (bicyclic) bond motifs is 1. The lowest BCUT2D eigenvalue weighted by atomic mass is 10.1. The standard InChI is InChI=1S/C18H16ClFN4O2/c19-13-10-11(20)9-12(16(13)25)17(26)23-5-7-24(8-6-23)18-21-14-3-1-2-4-15(14)22-18/h1-4,9-10,25H,5-8H2,(H,21,22). The zero-order valence-corrected chi connectivity index (χ0v) is 14.5. The number of para-hydroxylation sites is 2. The van der Waals surface area contributed by atoms with E-state index in [1.165, 1.54) is 0 Å². The molecule has 2 N–H and O–H groups in total. The van der Waals surface area contributed by atoms with Gasteiger partial charge in [-0.3, -0.25) is 4.79 Å². The second-order valence-electron chi connectivity index (χ2n) is 6.14. The average Bonchev–Trinajstić information content (AvgIpc) is 3.08. The number of carbonyl (C=O) groups is 1. The molecule has 1 aliphatic rings. The quantitative estimate of drug-likeness (QED) is 0.723. The third-order valence-electron chi connectivity index (χ3n) is 4.50. The second-order valence-corrected chi connectivity index (χ2v) is 6.55. The van der Waals surface area contributed by atoms with Crippen molar-refractivity contribution in [3.05, 3.63) is 52.8 Å². The van der Waals surface area contributed by atoms with Crippen molar-refractivity contribution in [2.24, 2.45) is 0 Å². The van der Waals surface area contributed by atoms with Gasteiger partial charge >= 0.3 is 0 Å². The van der Waals surface area contributed by atoms with Crippen molar-refractivity contribution in [3.63, 3.8) is 0 Å². The topological polar surface area (TPSA) is 72.5 Å². The van der Waals surface area contributed by atoms with E-state index in [-0.39, 0.29) is 10.6 Å². The number of aromatic nitrogens is 2. The van der Waals surface area contributed by atoms with E-state index in [1.54, 1.807) is 4.90 Å². The third-order valence-corrected chi connectivity index (χ3v) is 4.79. The first-order chi connectivity index (χ1) is 12.5. The first-order valence-electron chi connectivity index (χ1n) is 8.20. The Labute approximate surface area is 153 Å². The van der Waals surface area contributed by atoms with Crippen molar-refractivity contribution in [1.29, 1.82) is 0 Å². The van der Waals surface area contributed by atoms with E-state index in [9.17, 15) is 14.3 Å². The van der Waals surface area contributed by atoms with Crippen LogP contribution in [0.1, 0.15) is 10.4 Å². The summed E-state index contributed by atoms with van der Waals surface area (Å²) < 4.78 is 13.5. The molecule has 1 aromatic heterocycles. The van der Waals surface area contributed by atoms with Crippen LogP contribution in [0.3, 0.4) is 0 Å². The molecule has 0 unspecified atom stereocenters. The van der Waals surface area contributed by atoms with Gasteiger partial charge in [0, 0.05) is 26.2 Å². The number of nitrogens with one attached hydrogen (secondary N) is 1. The molecule has 1 saturated heterocycles. The van der Waals surface area contributed by atoms with Crippen LogP contribution in [-0.2, 0) is 0 Å². The van der Waals surface area contributed by atoms with Gasteiger partial charge in [0.25, 0.3) is 5.91 Å². The van der Waals surface area contributed by atoms with E-state index < -0.39 is 17.5 Å². The minimum absolute atomic E-state index is 0.118. The summed E-state index contributed by atoms with van der Waals surface area (Å²) in [5.41, 5.74) is 1.73. The summed E-state index contributed by atoms with van der Waals surface area (Å²) in [7, 11) is 0. The maximum atomic E-state index is 13.5. The first kappa shape index (κ1) is 16.7. The Morgan fingerprint density at radius 3 is 2.65 bits per heavy atom. The lowest BCUT2D eigenvalue weighted by Crippen LogP contribution is -2.49. The molecular formula is C18H16ClFN4O2. The normalized spacial score (nSPS) is 14.8. The molecule has 6 nitrogen and oxygen atoms in total. The molecule has 0 spiro atoms. The Morgan fingerprint density at radius 2 is 1.92 bits per heavy atom. The fourth-order valence-electron chi connectivity index (χ4n) is 3.11. The number of nitrogens with zero attached hydrogens (tertiary/aromatic N) is 3. The molecule has 3 aromatic rings. The minimum atomic E-state index is -0.655. The van der Waals surface area contributed by atoms with Crippen LogP contribution >= 0.6 is 11.6 Å². The number of hydrogen-bond acceptors (Lipinski definition) is 4. The molecule has 1 aliphatic heterocycles. The number of H-pyrrole nitrogens is 1. The Hall–Kier alpha value is -2.80. The summed E-state index contributed by atoms with van der Waals surface area (Å²) in [6, 6.07) is 9.76. The summed E-state index contributed by atoms with van der Waals surface area (Å²) in [5.74, 6) is -0.724. The van der Waals surface area contributed by atoms with E-state index in [0.29, 0.717) is 26.2 Å². The molecule has 8 heteroatoms. The molecule has 134 valence electrons. The molecule has 0 aliphatic carbocycles. The lowest BCUT2D eigenvalue weighted by Gasteiger charge is -2.34. The molecular weight excluding hydrogens is 359 g/mol. The molecule has 1 fully saturated rings. The summed E-state index contributed by atoms with van der Waals surface area (Å²) in [6.07, 6.45) is 0. The van der Waals surface area contributed by atoms with Gasteiger partial charge in [0.15, 0.2) is 0 Å². The zero-order chi connectivity index (χ0) is 18.3. The summed E-state index contributed by atoms with van der Waals surface area (Å²) in [4.78, 5) is 24.1. The fourth-order valence-corrected chi connectivity index (χ4v) is 3.32. The van der Waals surface area contributed by atoms with Gasteiger partial charge in [0.05, 0.1) is 21.6 Å². The number of phenolic OH excluding ortho intramolecular Hbond substituents is 1. The Kier molecular flexibility index (Phi) is 4.16. The number of carbonyl (C=O) groups excluding carboxylic acids is 1. The van der Waals surface area contributed by atoms with Crippen LogP contribution in [0.25, 0.3) is 11.0 Å². The van der Waals surface area contributed by atoms with Gasteiger partial charge in [-0.25, -0.2) is 9.37 Å². The van der Waals surface area contributed by atoms with E-state index in [1.807, 2.05) is 24.3 Å². The smallest absolute Gasteiger partial charge is 0.257 e. The summed E-state index contributed by atoms with van der Waals surface area (Å²) in [6.45, 7) is 2.03. The van der Waals surface area contributed by atoms with Crippen molar-refractivity contribution >= 4 is 34.5 Å². The highest BCUT2D eigenvalue weighted by molar-refractivity contribution is 6.32. The number of hydrogen-bond donors (Lipinski definition) is 2. The van der Waals surface area contributed by atoms with Crippen molar-refractivity contribution in [2.75, 3.05) is 31.1 Å². The van der Waals surface area contributed by atoms with Crippen LogP contribution in [0.4, 0.5) is 10.3 Å². The number of phenols is 1. The number of aromatic hydroxyl groups is 1. The SMILES string of the molecule is O=C(c1cc(F)cc(Cl)c1O)N1CCN(c2nc3ccccc3[nH]2)CC1. The molecule has 26 heavy (non-hydrogen) atoms. The molecule has 0 atom stereocenters. The number of amides is 1. The monoisotopic (exact) mass is 374 g/mol. The van der Waals surface area contributed by atoms with Crippen LogP contribution in [0, 0.1) is 5.82 Å². The Bertz CT molecular complexity index is 949. The highest BCUT2D eigenvalue weighted by Gasteiger charge is 2.26. The number of benzene rings is 2. The lowest BCUT2D eigenvalue weighted by molar-refractivity contribution is 0.0742. The van der Waals surface area contributed by atoms with E-state index in [0.717, 1.165) is 29.1 Å². The molecule has 1 amide bonds. The maximum absolute atomic E-state index is 13.5. The van der Waals surface area contributed by atoms with E-state index >= 15 is 0 Å². The molecule has 0 saturated carbocycles. The number of anilines is 1. The second kappa shape index (κ2) is 6.49. The van der Waals surface area contributed by atoms with Crippen LogP contribution in [-0.4, -0.2) is 52.1 Å². The number of piperazine rings is 1. The number of aromatic amines is 1. The van der Waals surface area contributed by atoms with Crippen molar-refractivity contribution in [2.45, 2.75) is 0 Å². The molecule has 2 aromatic carbocycles. The number of rotatable bonds is 2. The van der Waals surface area contributed by atoms with Crippen molar-refractivity contribution in [1.82, 2.24) is 14.9 Å². The first-order valence-corrected chi connectivity index (χ1v) is 8.58. The zero-order valence-electron chi connectivity index (χ0n) is 13.7. The van der Waals surface area contributed by atoms with Crippen LogP contribution < -0.4 is 4.90 Å². The predicted molar refractivity (Wildman–Crippen MR) is 97.3 cm³/mol. The molecule has 0 radical (unpaired) electrons. The highest BCUT2D eigenvalue weighted by atomic mass is 35.5. The Balaban J connectivity index is 1.49. The van der Waals surface area contributed by atoms with Gasteiger partial charge in [-0.15, -0.1) is 0 Å². The van der Waals surface area contributed by atoms with Gasteiger partial charge in [0.2, 0.25) is 5.95 Å². The van der Waals surface area contributed by atoms with Crippen LogP contribution in [0.2, 0.25) is 5.02 Å². The minimum Gasteiger partial charge on any atom is -0.506 e. The van der Waals surface area contributed by atoms with Gasteiger partial charge in [-0.05, 0) is 24.3 Å². The van der Waals surface area contributed by atoms with Gasteiger partial charge in [-0.2, -0.15) is 0 Å². The van der Waals surface area contributed by atoms with Crippen molar-refractivity contribution in [3.8, 4) is 5.75 Å². The van der Waals surface area contributed by atoms with Gasteiger partial charge in [0.1, 0.15) is 11.6 Å². The number of halogens is 2. The van der Waals surface area contributed by atoms with Crippen LogP contribution in [0.15, 0.2) is 36.4 Å². The van der Waals surface area contributed by atoms with E-state index in [2.05, 4.69) is 14.9 Å². The van der Waals surface area contributed by atoms with Gasteiger partial charge < -0.3 is 19.9 Å². The van der Waals surface area contributed by atoms with E-state index in [4.69, 9.17) is 11.6 Å². The summed E-state index contributed by atoms with van der Waals surface area (Å²) >= 11 is 5.76. The van der Waals surface area contributed by atoms with Gasteiger partial charge in [-0.1, -0.05) is 23.7 Å². The van der Waals surface area contributed by atoms with Crippen molar-refractivity contribution < 1.29 is 14.3 Å². The molecule has 4 rings (SSSR count). The largest absolute Gasteiger partial charge is 0.506 e. The van der Waals surface area contributed by atoms with Crippen LogP contribution in [0.5, 0.6) is 5.75 Å². The predicted octanol–water partition coefficient (Wildman–Crippen LogP) is 3.02. The molecule has 0 bridgehead atoms. The summed E-state index contributed by atoms with van der Waals surface area (Å²) in [5, 5.41) is 9.79. The Morgan fingerprint density at radius 1 is 1.19 bits per heavy atom. The molecule has 2 heterocycles. The third kappa shape index (κ3) is 2.94.